The van der Waals surface area contributed by atoms with Gasteiger partial charge in [0.15, 0.2) is 6.10 Å². The minimum atomic E-state index is -4.89. The second kappa shape index (κ2) is 13.3. The topological polar surface area (TPSA) is 75.1 Å². The molecule has 1 fully saturated rings. The summed E-state index contributed by atoms with van der Waals surface area (Å²) < 4.78 is 62.5. The Morgan fingerprint density at radius 3 is 2.29 bits per heavy atom. The maximum Gasteiger partial charge on any atom is 0.573 e. The van der Waals surface area contributed by atoms with Crippen LogP contribution in [0.4, 0.5) is 23.2 Å². The van der Waals surface area contributed by atoms with Crippen molar-refractivity contribution < 1.29 is 36.9 Å². The van der Waals surface area contributed by atoms with Crippen molar-refractivity contribution in [1.29, 1.82) is 0 Å². The van der Waals surface area contributed by atoms with Crippen LogP contribution in [0.2, 0.25) is 0 Å². The fourth-order valence-electron chi connectivity index (χ4n) is 6.75. The van der Waals surface area contributed by atoms with Gasteiger partial charge in [-0.25, -0.2) is 9.18 Å². The van der Waals surface area contributed by atoms with Crippen LogP contribution in [0.3, 0.4) is 0 Å². The molecule has 0 saturated carbocycles. The van der Waals surface area contributed by atoms with Crippen LogP contribution in [0.5, 0.6) is 5.75 Å². The van der Waals surface area contributed by atoms with E-state index >= 15 is 0 Å². The molecule has 7 nitrogen and oxygen atoms in total. The quantitative estimate of drug-likeness (QED) is 0.241. The van der Waals surface area contributed by atoms with Crippen LogP contribution in [0.25, 0.3) is 11.1 Å². The molecular formula is C37H45F4N3O4. The Bertz CT molecular complexity index is 1670. The second-order valence-corrected chi connectivity index (χ2v) is 14.8. The first-order valence-corrected chi connectivity index (χ1v) is 16.4. The average molecular weight is 672 g/mol. The Morgan fingerprint density at radius 2 is 1.69 bits per heavy atom. The van der Waals surface area contributed by atoms with Gasteiger partial charge in [0.1, 0.15) is 11.6 Å². The summed E-state index contributed by atoms with van der Waals surface area (Å²) in [5.74, 6) is -2.40. The van der Waals surface area contributed by atoms with Gasteiger partial charge >= 0.3 is 12.3 Å². The molecule has 11 heteroatoms. The third kappa shape index (κ3) is 8.29. The monoisotopic (exact) mass is 671 g/mol. The lowest BCUT2D eigenvalue weighted by Crippen LogP contribution is -2.39. The van der Waals surface area contributed by atoms with Crippen molar-refractivity contribution in [2.45, 2.75) is 98.9 Å². The molecule has 48 heavy (non-hydrogen) atoms. The molecule has 1 atom stereocenters. The Morgan fingerprint density at radius 1 is 1.00 bits per heavy atom. The number of alkyl halides is 3. The highest BCUT2D eigenvalue weighted by atomic mass is 19.4. The van der Waals surface area contributed by atoms with E-state index in [9.17, 15) is 27.5 Å². The summed E-state index contributed by atoms with van der Waals surface area (Å²) in [6.07, 6.45) is -3.49. The van der Waals surface area contributed by atoms with Crippen molar-refractivity contribution in [1.82, 2.24) is 9.88 Å². The summed E-state index contributed by atoms with van der Waals surface area (Å²) >= 11 is 0. The molecule has 1 N–H and O–H groups in total. The van der Waals surface area contributed by atoms with E-state index in [4.69, 9.17) is 9.72 Å². The van der Waals surface area contributed by atoms with Gasteiger partial charge in [0.05, 0.1) is 11.3 Å². The Hall–Kier alpha value is -3.70. The van der Waals surface area contributed by atoms with Crippen LogP contribution in [0, 0.1) is 25.1 Å². The molecule has 3 aromatic rings. The predicted molar refractivity (Wildman–Crippen MR) is 176 cm³/mol. The molecular weight excluding hydrogens is 626 g/mol. The van der Waals surface area contributed by atoms with Gasteiger partial charge in [0.25, 0.3) is 0 Å². The number of carboxylic acids is 1. The van der Waals surface area contributed by atoms with Crippen LogP contribution in [0.1, 0.15) is 87.2 Å². The molecule has 0 aliphatic carbocycles. The normalized spacial score (nSPS) is 17.6. The van der Waals surface area contributed by atoms with Gasteiger partial charge in [-0.15, -0.1) is 13.2 Å². The number of aromatic nitrogens is 1. The summed E-state index contributed by atoms with van der Waals surface area (Å²) in [6.45, 7) is 16.8. The molecule has 0 spiro atoms. The largest absolute Gasteiger partial charge is 0.573 e. The minimum Gasteiger partial charge on any atom is -0.479 e. The van der Waals surface area contributed by atoms with Crippen molar-refractivity contribution in [3.8, 4) is 16.9 Å². The number of aryl methyl sites for hydroxylation is 2. The Kier molecular flexibility index (Phi) is 9.87. The Balaban J connectivity index is 1.49. The average Bonchev–Trinajstić information content (AvgIpc) is 2.96. The molecule has 2 aromatic carbocycles. The van der Waals surface area contributed by atoms with Crippen LogP contribution in [-0.4, -0.2) is 52.6 Å². The number of carboxylic acid groups (broad SMARTS) is 1. The van der Waals surface area contributed by atoms with Crippen LogP contribution in [0.15, 0.2) is 36.4 Å². The zero-order chi connectivity index (χ0) is 35.2. The molecule has 5 rings (SSSR count). The van der Waals surface area contributed by atoms with Crippen molar-refractivity contribution in [2.24, 2.45) is 5.41 Å². The molecule has 0 unspecified atom stereocenters. The summed E-state index contributed by atoms with van der Waals surface area (Å²) in [5.41, 5.74) is 6.68. The third-order valence-corrected chi connectivity index (χ3v) is 9.21. The maximum atomic E-state index is 14.7. The van der Waals surface area contributed by atoms with Gasteiger partial charge in [-0.2, -0.15) is 0 Å². The predicted octanol–water partition coefficient (Wildman–Crippen LogP) is 8.53. The van der Waals surface area contributed by atoms with Crippen LogP contribution < -0.4 is 9.64 Å². The first kappa shape index (κ1) is 35.6. The highest BCUT2D eigenvalue weighted by molar-refractivity contribution is 5.88. The van der Waals surface area contributed by atoms with E-state index < -0.39 is 35.6 Å². The van der Waals surface area contributed by atoms with Gasteiger partial charge in [0, 0.05) is 66.9 Å². The van der Waals surface area contributed by atoms with Crippen LogP contribution >= 0.6 is 0 Å². The fraction of sp³-hybridized carbons (Fsp3) is 0.514. The van der Waals surface area contributed by atoms with Gasteiger partial charge in [0.2, 0.25) is 0 Å². The van der Waals surface area contributed by atoms with Crippen LogP contribution in [-0.2, 0) is 29.0 Å². The molecule has 3 heterocycles. The van der Waals surface area contributed by atoms with Crippen molar-refractivity contribution in [2.75, 3.05) is 24.5 Å². The number of piperidine rings is 1. The standard InChI is InChI=1S/C37H45F4N3O4/c1-22-30(32(44-16-13-36(6,7)14-17-44)31(23(2)42-22)33(34(45)46)48-35(3,4)5)25-8-9-26-20-43(15-12-24(26)18-25)21-27-10-11-28(19-29(27)38)47-37(39,40)41/h8-11,18-19,33H,12-17,20-21H2,1-7H3,(H,45,46)/t33-/m0/s1. The number of nitrogens with zero attached hydrogens (tertiary/aromatic N) is 3. The molecule has 0 bridgehead atoms. The lowest BCUT2D eigenvalue weighted by Gasteiger charge is -2.41. The third-order valence-electron chi connectivity index (χ3n) is 9.21. The summed E-state index contributed by atoms with van der Waals surface area (Å²) in [5, 5.41) is 10.5. The van der Waals surface area contributed by atoms with E-state index in [1.54, 1.807) is 0 Å². The lowest BCUT2D eigenvalue weighted by molar-refractivity contribution is -0.274. The molecule has 260 valence electrons. The number of fused-ring (bicyclic) bond motifs is 1. The SMILES string of the molecule is Cc1nc(C)c([C@H](OC(C)(C)C)C(=O)O)c(N2CCC(C)(C)CC2)c1-c1ccc2c(c1)CCN(Cc1ccc(OC(F)(F)F)cc1F)C2. The summed E-state index contributed by atoms with van der Waals surface area (Å²) in [4.78, 5) is 22.0. The van der Waals surface area contributed by atoms with E-state index in [2.05, 4.69) is 40.5 Å². The number of carbonyl (C=O) groups is 1. The number of hydrogen-bond acceptors (Lipinski definition) is 6. The molecule has 2 aliphatic rings. The fourth-order valence-corrected chi connectivity index (χ4v) is 6.75. The van der Waals surface area contributed by atoms with Gasteiger partial charge in [-0.3, -0.25) is 9.88 Å². The van der Waals surface area contributed by atoms with E-state index in [1.807, 2.05) is 40.7 Å². The number of aliphatic carboxylic acids is 1. The van der Waals surface area contributed by atoms with Gasteiger partial charge in [-0.05, 0) is 82.1 Å². The first-order chi connectivity index (χ1) is 22.3. The van der Waals surface area contributed by atoms with Crippen molar-refractivity contribution in [3.63, 3.8) is 0 Å². The molecule has 1 aromatic heterocycles. The molecule has 0 radical (unpaired) electrons. The smallest absolute Gasteiger partial charge is 0.479 e. The Labute approximate surface area is 279 Å². The van der Waals surface area contributed by atoms with Crippen molar-refractivity contribution in [3.05, 3.63) is 75.9 Å². The summed E-state index contributed by atoms with van der Waals surface area (Å²) in [7, 11) is 0. The number of hydrogen-bond donors (Lipinski definition) is 1. The molecule has 0 amide bonds. The van der Waals surface area contributed by atoms with Gasteiger partial charge in [-0.1, -0.05) is 38.1 Å². The molecule has 2 aliphatic heterocycles. The van der Waals surface area contributed by atoms with E-state index in [1.165, 1.54) is 6.07 Å². The zero-order valence-corrected chi connectivity index (χ0v) is 28.7. The number of halogens is 4. The minimum absolute atomic E-state index is 0.182. The number of benzene rings is 2. The highest BCUT2D eigenvalue weighted by Crippen LogP contribution is 2.45. The summed E-state index contributed by atoms with van der Waals surface area (Å²) in [6, 6.07) is 9.46. The first-order valence-electron chi connectivity index (χ1n) is 16.4. The van der Waals surface area contributed by atoms with E-state index in [0.29, 0.717) is 36.3 Å². The van der Waals surface area contributed by atoms with E-state index in [0.717, 1.165) is 71.7 Å². The second-order valence-electron chi connectivity index (χ2n) is 14.8. The van der Waals surface area contributed by atoms with Crippen molar-refractivity contribution >= 4 is 11.7 Å². The molecule has 1 saturated heterocycles. The number of pyridine rings is 1. The zero-order valence-electron chi connectivity index (χ0n) is 28.7. The highest BCUT2D eigenvalue weighted by Gasteiger charge is 2.37. The lowest BCUT2D eigenvalue weighted by atomic mass is 9.81. The maximum absolute atomic E-state index is 14.7. The van der Waals surface area contributed by atoms with Gasteiger partial charge < -0.3 is 19.5 Å². The number of rotatable bonds is 8. The van der Waals surface area contributed by atoms with E-state index in [-0.39, 0.29) is 12.0 Å². The number of anilines is 1. The number of ether oxygens (including phenoxy) is 2.